The maximum atomic E-state index is 13.3. The minimum Gasteiger partial charge on any atom is -0.601 e. The largest absolute Gasteiger partial charge is 0.668 e. The van der Waals surface area contributed by atoms with Crippen LogP contribution in [0.3, 0.4) is 0 Å². The molecule has 0 saturated carbocycles. The molecule has 0 aromatic heterocycles. The SMILES string of the molecule is CC1[C+]=C(c2cccc3ccccc23)O[B-](F)(F)O1. The highest BCUT2D eigenvalue weighted by Crippen LogP contribution is 2.33. The average Bonchev–Trinajstić information content (AvgIpc) is 2.35. The summed E-state index contributed by atoms with van der Waals surface area (Å²) in [5, 5.41) is 1.82. The number of halogens is 2. The fourth-order valence-corrected chi connectivity index (χ4v) is 2.22. The molecule has 1 heterocycles. The van der Waals surface area contributed by atoms with Gasteiger partial charge in [-0.2, -0.15) is 0 Å². The van der Waals surface area contributed by atoms with Crippen LogP contribution in [0.2, 0.25) is 0 Å². The molecule has 2 nitrogen and oxygen atoms in total. The summed E-state index contributed by atoms with van der Waals surface area (Å²) in [6, 6.07) is 13.0. The minimum absolute atomic E-state index is 0.0561. The van der Waals surface area contributed by atoms with Crippen LogP contribution in [0.25, 0.3) is 16.5 Å². The molecule has 1 atom stereocenters. The Morgan fingerprint density at radius 1 is 1.11 bits per heavy atom. The zero-order chi connectivity index (χ0) is 13.5. The van der Waals surface area contributed by atoms with Crippen molar-refractivity contribution in [1.29, 1.82) is 0 Å². The fourth-order valence-electron chi connectivity index (χ4n) is 2.22. The summed E-state index contributed by atoms with van der Waals surface area (Å²) in [6.45, 7) is 1.52. The zero-order valence-corrected chi connectivity index (χ0v) is 10.3. The summed E-state index contributed by atoms with van der Waals surface area (Å²) in [7, 11) is -4.28. The van der Waals surface area contributed by atoms with Crippen LogP contribution in [-0.4, -0.2) is 13.2 Å². The quantitative estimate of drug-likeness (QED) is 0.573. The maximum Gasteiger partial charge on any atom is 0.668 e. The molecule has 3 rings (SSSR count). The van der Waals surface area contributed by atoms with Gasteiger partial charge in [-0.05, 0) is 19.1 Å². The van der Waals surface area contributed by atoms with Gasteiger partial charge < -0.3 is 17.9 Å². The van der Waals surface area contributed by atoms with Crippen molar-refractivity contribution in [2.45, 2.75) is 13.0 Å². The average molecular weight is 260 g/mol. The topological polar surface area (TPSA) is 18.5 Å². The molecule has 19 heavy (non-hydrogen) atoms. The molecule has 1 unspecified atom stereocenters. The summed E-state index contributed by atoms with van der Waals surface area (Å²) in [6.07, 6.45) is 1.99. The fraction of sp³-hybridized carbons (Fsp3) is 0.143. The van der Waals surface area contributed by atoms with Crippen LogP contribution in [0, 0.1) is 6.08 Å². The van der Waals surface area contributed by atoms with Gasteiger partial charge in [0.25, 0.3) is 0 Å². The maximum absolute atomic E-state index is 13.3. The molecular formula is C14H11BF2O2. The molecule has 0 spiro atoms. The Hall–Kier alpha value is -1.97. The first-order chi connectivity index (χ1) is 9.05. The van der Waals surface area contributed by atoms with Crippen molar-refractivity contribution < 1.29 is 17.9 Å². The number of hydrogen-bond acceptors (Lipinski definition) is 2. The molecule has 0 aliphatic carbocycles. The lowest BCUT2D eigenvalue weighted by Gasteiger charge is -2.29. The third-order valence-electron chi connectivity index (χ3n) is 2.99. The van der Waals surface area contributed by atoms with Crippen LogP contribution in [-0.2, 0) is 9.31 Å². The van der Waals surface area contributed by atoms with Gasteiger partial charge in [0.2, 0.25) is 0 Å². The van der Waals surface area contributed by atoms with Crippen molar-refractivity contribution in [2.24, 2.45) is 0 Å². The van der Waals surface area contributed by atoms with Crippen LogP contribution in [0.15, 0.2) is 42.5 Å². The van der Waals surface area contributed by atoms with Gasteiger partial charge in [0, 0.05) is 11.5 Å². The Balaban J connectivity index is 2.14. The van der Waals surface area contributed by atoms with Gasteiger partial charge >= 0.3 is 12.9 Å². The summed E-state index contributed by atoms with van der Waals surface area (Å²) in [5.74, 6) is 0.0561. The number of fused-ring (bicyclic) bond motifs is 1. The second kappa shape index (κ2) is 4.30. The Kier molecular flexibility index (Phi) is 2.74. The second-order valence-corrected chi connectivity index (χ2v) is 4.43. The first kappa shape index (κ1) is 12.1. The van der Waals surface area contributed by atoms with Gasteiger partial charge in [-0.3, -0.25) is 0 Å². The van der Waals surface area contributed by atoms with E-state index in [2.05, 4.69) is 15.4 Å². The van der Waals surface area contributed by atoms with E-state index in [4.69, 9.17) is 0 Å². The third-order valence-corrected chi connectivity index (χ3v) is 2.99. The summed E-state index contributed by atoms with van der Waals surface area (Å²) in [5.41, 5.74) is 0.606. The van der Waals surface area contributed by atoms with E-state index in [0.717, 1.165) is 10.8 Å². The molecule has 0 N–H and O–H groups in total. The third kappa shape index (κ3) is 2.30. The molecule has 5 heteroatoms. The highest BCUT2D eigenvalue weighted by Gasteiger charge is 2.42. The van der Waals surface area contributed by atoms with Crippen LogP contribution in [0.5, 0.6) is 0 Å². The van der Waals surface area contributed by atoms with E-state index >= 15 is 0 Å². The molecule has 0 radical (unpaired) electrons. The van der Waals surface area contributed by atoms with Crippen molar-refractivity contribution in [3.05, 3.63) is 54.1 Å². The lowest BCUT2D eigenvalue weighted by Crippen LogP contribution is -2.38. The van der Waals surface area contributed by atoms with Gasteiger partial charge in [-0.25, -0.2) is 0 Å². The predicted molar refractivity (Wildman–Crippen MR) is 70.2 cm³/mol. The van der Waals surface area contributed by atoms with Crippen molar-refractivity contribution in [2.75, 3.05) is 0 Å². The summed E-state index contributed by atoms with van der Waals surface area (Å²) >= 11 is 0. The second-order valence-electron chi connectivity index (χ2n) is 4.43. The first-order valence-corrected chi connectivity index (χ1v) is 6.04. The minimum atomic E-state index is -4.28. The molecule has 2 aromatic rings. The van der Waals surface area contributed by atoms with Gasteiger partial charge in [-0.1, -0.05) is 24.3 Å². The molecule has 1 aliphatic rings. The van der Waals surface area contributed by atoms with E-state index in [-0.39, 0.29) is 5.76 Å². The molecule has 96 valence electrons. The summed E-state index contributed by atoms with van der Waals surface area (Å²) in [4.78, 5) is 0. The van der Waals surface area contributed by atoms with E-state index in [9.17, 15) is 8.63 Å². The smallest absolute Gasteiger partial charge is 0.601 e. The van der Waals surface area contributed by atoms with Crippen LogP contribution in [0.1, 0.15) is 12.5 Å². The standard InChI is InChI=1S/C14H11BF2O2/c1-10-9-14(19-15(16,17)18-10)13-8-4-6-11-5-2-3-7-12(11)13/h2-8,10H,1H3. The normalized spacial score (nSPS) is 21.4. The lowest BCUT2D eigenvalue weighted by atomic mass is 10.00. The van der Waals surface area contributed by atoms with Crippen molar-refractivity contribution in [1.82, 2.24) is 0 Å². The van der Waals surface area contributed by atoms with Crippen LogP contribution in [0.4, 0.5) is 8.63 Å². The van der Waals surface area contributed by atoms with E-state index in [0.29, 0.717) is 5.56 Å². The van der Waals surface area contributed by atoms with Crippen LogP contribution >= 0.6 is 0 Å². The van der Waals surface area contributed by atoms with Gasteiger partial charge in [-0.15, -0.1) is 0 Å². The molecule has 0 saturated heterocycles. The van der Waals surface area contributed by atoms with Crippen molar-refractivity contribution in [3.63, 3.8) is 0 Å². The predicted octanol–water partition coefficient (Wildman–Crippen LogP) is 3.79. The number of benzene rings is 2. The molecule has 0 bridgehead atoms. The Bertz CT molecular complexity index is 649. The van der Waals surface area contributed by atoms with Gasteiger partial charge in [0.1, 0.15) is 6.08 Å². The molecule has 0 amide bonds. The first-order valence-electron chi connectivity index (χ1n) is 6.04. The lowest BCUT2D eigenvalue weighted by molar-refractivity contribution is 0.0906. The molecular weight excluding hydrogens is 249 g/mol. The highest BCUT2D eigenvalue weighted by atomic mass is 19.3. The van der Waals surface area contributed by atoms with Gasteiger partial charge in [0.15, 0.2) is 11.7 Å². The van der Waals surface area contributed by atoms with E-state index in [1.807, 2.05) is 30.3 Å². The molecule has 1 aliphatic heterocycles. The molecule has 0 fully saturated rings. The summed E-state index contributed by atoms with van der Waals surface area (Å²) < 4.78 is 35.8. The van der Waals surface area contributed by atoms with E-state index < -0.39 is 13.2 Å². The van der Waals surface area contributed by atoms with E-state index in [1.54, 1.807) is 12.1 Å². The Morgan fingerprint density at radius 3 is 2.63 bits per heavy atom. The van der Waals surface area contributed by atoms with Crippen molar-refractivity contribution in [3.8, 4) is 0 Å². The van der Waals surface area contributed by atoms with E-state index in [1.165, 1.54) is 6.92 Å². The van der Waals surface area contributed by atoms with Crippen molar-refractivity contribution >= 4 is 23.6 Å². The monoisotopic (exact) mass is 260 g/mol. The Morgan fingerprint density at radius 2 is 1.84 bits per heavy atom. The zero-order valence-electron chi connectivity index (χ0n) is 10.3. The highest BCUT2D eigenvalue weighted by molar-refractivity contribution is 6.53. The van der Waals surface area contributed by atoms with Gasteiger partial charge in [0.05, 0.1) is 5.39 Å². The number of rotatable bonds is 1. The Labute approximate surface area is 109 Å². The molecule has 2 aromatic carbocycles. The number of hydrogen-bond donors (Lipinski definition) is 0. The van der Waals surface area contributed by atoms with Crippen LogP contribution < -0.4 is 0 Å².